The van der Waals surface area contributed by atoms with Crippen LogP contribution >= 0.6 is 0 Å². The molecule has 2 aliphatic rings. The van der Waals surface area contributed by atoms with Gasteiger partial charge in [0.05, 0.1) is 30.0 Å². The van der Waals surface area contributed by atoms with Crippen molar-refractivity contribution in [1.82, 2.24) is 4.57 Å². The first kappa shape index (κ1) is 26.1. The topological polar surface area (TPSA) is 94.7 Å². The zero-order chi connectivity index (χ0) is 26.9. The van der Waals surface area contributed by atoms with Gasteiger partial charge in [0.25, 0.3) is 0 Å². The number of hydrogen-bond donors (Lipinski definition) is 1. The number of amides is 1. The molecule has 1 atom stereocenters. The van der Waals surface area contributed by atoms with Gasteiger partial charge in [-0.1, -0.05) is 32.9 Å². The summed E-state index contributed by atoms with van der Waals surface area (Å²) in [4.78, 5) is 12.4. The predicted octanol–water partition coefficient (Wildman–Crippen LogP) is 6.64. The molecule has 1 aliphatic heterocycles. The van der Waals surface area contributed by atoms with Gasteiger partial charge in [-0.05, 0) is 61.4 Å². The Bertz CT molecular complexity index is 1340. The van der Waals surface area contributed by atoms with Gasteiger partial charge in [-0.15, -0.1) is 0 Å². The van der Waals surface area contributed by atoms with E-state index in [-0.39, 0.29) is 17.8 Å². The first-order valence-electron chi connectivity index (χ1n) is 13.3. The summed E-state index contributed by atoms with van der Waals surface area (Å²) in [6, 6.07) is 16.2. The number of aromatic nitrogens is 1. The van der Waals surface area contributed by atoms with Crippen LogP contribution in [0.1, 0.15) is 58.6 Å². The highest BCUT2D eigenvalue weighted by atomic mass is 16.7. The van der Waals surface area contributed by atoms with Gasteiger partial charge in [-0.25, -0.2) is 4.79 Å². The molecule has 1 N–H and O–H groups in total. The largest absolute Gasteiger partial charge is 0.488 e. The number of benzene rings is 2. The van der Waals surface area contributed by atoms with Gasteiger partial charge in [0.2, 0.25) is 0 Å². The number of carbonyl (C=O) groups excluding carboxylic acids is 1. The van der Waals surface area contributed by atoms with Gasteiger partial charge in [0.1, 0.15) is 24.5 Å². The summed E-state index contributed by atoms with van der Waals surface area (Å²) in [6.07, 6.45) is 2.22. The quantitative estimate of drug-likeness (QED) is 0.378. The summed E-state index contributed by atoms with van der Waals surface area (Å²) in [5.74, 6) is 0.716. The van der Waals surface area contributed by atoms with Crippen molar-refractivity contribution in [2.75, 3.05) is 25.1 Å². The first-order chi connectivity index (χ1) is 18.2. The Balaban J connectivity index is 1.43. The molecule has 0 bridgehead atoms. The number of nitriles is 1. The monoisotopic (exact) mass is 517 g/mol. The molecule has 5 rings (SSSR count). The highest BCUT2D eigenvalue weighted by Crippen LogP contribution is 2.43. The van der Waals surface area contributed by atoms with E-state index in [9.17, 15) is 10.1 Å². The van der Waals surface area contributed by atoms with Crippen molar-refractivity contribution in [2.45, 2.75) is 65.4 Å². The molecular formula is C30H35N3O5. The van der Waals surface area contributed by atoms with E-state index < -0.39 is 6.09 Å². The van der Waals surface area contributed by atoms with Gasteiger partial charge >= 0.3 is 6.09 Å². The summed E-state index contributed by atoms with van der Waals surface area (Å²) in [5, 5.41) is 13.9. The number of rotatable bonds is 7. The van der Waals surface area contributed by atoms with Crippen LogP contribution in [0.3, 0.4) is 0 Å². The van der Waals surface area contributed by atoms with E-state index in [1.54, 1.807) is 0 Å². The van der Waals surface area contributed by atoms with Crippen molar-refractivity contribution >= 4 is 22.7 Å². The fourth-order valence-corrected chi connectivity index (χ4v) is 4.66. The van der Waals surface area contributed by atoms with E-state index in [1.165, 1.54) is 0 Å². The number of nitrogens with zero attached hydrogens (tertiary/aromatic N) is 2. The number of anilines is 1. The van der Waals surface area contributed by atoms with Crippen molar-refractivity contribution in [3.63, 3.8) is 0 Å². The molecular weight excluding hydrogens is 482 g/mol. The Kier molecular flexibility index (Phi) is 7.33. The molecule has 2 aromatic carbocycles. The van der Waals surface area contributed by atoms with Crippen LogP contribution < -0.4 is 10.1 Å². The maximum atomic E-state index is 12.4. The summed E-state index contributed by atoms with van der Waals surface area (Å²) < 4.78 is 24.8. The van der Waals surface area contributed by atoms with Crippen molar-refractivity contribution < 1.29 is 23.7 Å². The average molecular weight is 518 g/mol. The average Bonchev–Trinajstić information content (AvgIpc) is 3.48. The molecule has 38 heavy (non-hydrogen) atoms. The minimum Gasteiger partial charge on any atom is -0.488 e. The van der Waals surface area contributed by atoms with Gasteiger partial charge in [0.15, 0.2) is 6.29 Å². The molecule has 1 amide bonds. The van der Waals surface area contributed by atoms with E-state index >= 15 is 0 Å². The van der Waals surface area contributed by atoms with Crippen LogP contribution in [-0.2, 0) is 14.2 Å². The lowest BCUT2D eigenvalue weighted by molar-refractivity contribution is -0.0683. The standard InChI is InChI=1S/C30H35N3O5/c1-19(30(2,3)4)38-29(34)32-21-10-8-20(9-11-21)28-25(17-31)24-13-12-23(37-18-27-35-14-15-36-27)16-26(24)33(28)22-6-5-7-22/h8-13,16,19,22,27H,5-7,14-15,18H2,1-4H3,(H,32,34). The molecule has 1 saturated carbocycles. The summed E-state index contributed by atoms with van der Waals surface area (Å²) in [5.41, 5.74) is 3.92. The smallest absolute Gasteiger partial charge is 0.411 e. The second-order valence-electron chi connectivity index (χ2n) is 11.1. The van der Waals surface area contributed by atoms with Gasteiger partial charge in [0, 0.05) is 23.2 Å². The second kappa shape index (κ2) is 10.7. The molecule has 0 spiro atoms. The van der Waals surface area contributed by atoms with Crippen molar-refractivity contribution in [2.24, 2.45) is 5.41 Å². The minimum atomic E-state index is -0.484. The van der Waals surface area contributed by atoms with Crippen LogP contribution in [0.4, 0.5) is 10.5 Å². The van der Waals surface area contributed by atoms with E-state index in [0.29, 0.717) is 42.9 Å². The molecule has 2 heterocycles. The molecule has 1 saturated heterocycles. The number of carbonyl (C=O) groups is 1. The molecule has 2 fully saturated rings. The van der Waals surface area contributed by atoms with E-state index in [0.717, 1.165) is 41.4 Å². The normalized spacial score (nSPS) is 17.1. The zero-order valence-electron chi connectivity index (χ0n) is 22.5. The van der Waals surface area contributed by atoms with Crippen LogP contribution in [0.5, 0.6) is 5.75 Å². The third-order valence-electron chi connectivity index (χ3n) is 7.51. The fourth-order valence-electron chi connectivity index (χ4n) is 4.66. The molecule has 1 aliphatic carbocycles. The summed E-state index contributed by atoms with van der Waals surface area (Å²) >= 11 is 0. The molecule has 1 aromatic heterocycles. The Morgan fingerprint density at radius 2 is 1.87 bits per heavy atom. The zero-order valence-corrected chi connectivity index (χ0v) is 22.5. The maximum absolute atomic E-state index is 12.4. The van der Waals surface area contributed by atoms with Crippen LogP contribution in [0.25, 0.3) is 22.2 Å². The molecule has 1 unspecified atom stereocenters. The van der Waals surface area contributed by atoms with Gasteiger partial charge in [-0.3, -0.25) is 5.32 Å². The Morgan fingerprint density at radius 3 is 2.47 bits per heavy atom. The molecule has 3 aromatic rings. The predicted molar refractivity (Wildman–Crippen MR) is 145 cm³/mol. The summed E-state index contributed by atoms with van der Waals surface area (Å²) in [7, 11) is 0. The van der Waals surface area contributed by atoms with Crippen molar-refractivity contribution in [3.8, 4) is 23.1 Å². The molecule has 8 heteroatoms. The van der Waals surface area contributed by atoms with Crippen LogP contribution in [0.2, 0.25) is 0 Å². The van der Waals surface area contributed by atoms with Gasteiger partial charge in [-0.2, -0.15) is 5.26 Å². The van der Waals surface area contributed by atoms with Crippen molar-refractivity contribution in [3.05, 3.63) is 48.0 Å². The lowest BCUT2D eigenvalue weighted by Gasteiger charge is -2.30. The molecule has 200 valence electrons. The maximum Gasteiger partial charge on any atom is 0.411 e. The third-order valence-corrected chi connectivity index (χ3v) is 7.51. The molecule has 8 nitrogen and oxygen atoms in total. The number of fused-ring (bicyclic) bond motifs is 1. The van der Waals surface area contributed by atoms with Crippen LogP contribution in [-0.4, -0.2) is 42.9 Å². The lowest BCUT2D eigenvalue weighted by atomic mass is 9.90. The number of hydrogen-bond acceptors (Lipinski definition) is 6. The SMILES string of the molecule is CC(OC(=O)Nc1ccc(-c2c(C#N)c3ccc(OCC4OCCO4)cc3n2C2CCC2)cc1)C(C)(C)C. The Labute approximate surface area is 223 Å². The lowest BCUT2D eigenvalue weighted by Crippen LogP contribution is -2.30. The number of ether oxygens (including phenoxy) is 4. The van der Waals surface area contributed by atoms with Crippen LogP contribution in [0.15, 0.2) is 42.5 Å². The second-order valence-corrected chi connectivity index (χ2v) is 11.1. The van der Waals surface area contributed by atoms with Gasteiger partial charge < -0.3 is 23.5 Å². The Morgan fingerprint density at radius 1 is 1.16 bits per heavy atom. The summed E-state index contributed by atoms with van der Waals surface area (Å²) in [6.45, 7) is 9.46. The van der Waals surface area contributed by atoms with E-state index in [2.05, 4.69) is 16.0 Å². The first-order valence-corrected chi connectivity index (χ1v) is 13.3. The van der Waals surface area contributed by atoms with Crippen LogP contribution in [0, 0.1) is 16.7 Å². The molecule has 0 radical (unpaired) electrons. The third kappa shape index (κ3) is 5.35. The van der Waals surface area contributed by atoms with E-state index in [1.807, 2.05) is 70.2 Å². The fraction of sp³-hybridized carbons (Fsp3) is 0.467. The Hall–Kier alpha value is -3.54. The van der Waals surface area contributed by atoms with E-state index in [4.69, 9.17) is 18.9 Å². The minimum absolute atomic E-state index is 0.146. The highest BCUT2D eigenvalue weighted by Gasteiger charge is 2.28. The van der Waals surface area contributed by atoms with Crippen molar-refractivity contribution in [1.29, 1.82) is 5.26 Å². The number of nitrogens with one attached hydrogen (secondary N) is 1. The highest BCUT2D eigenvalue weighted by molar-refractivity contribution is 5.96.